The first-order valence-corrected chi connectivity index (χ1v) is 10.4. The van der Waals surface area contributed by atoms with Crippen molar-refractivity contribution >= 4 is 45.8 Å². The Morgan fingerprint density at radius 3 is 2.74 bits per heavy atom. The van der Waals surface area contributed by atoms with Gasteiger partial charge in [0.25, 0.3) is 11.5 Å². The molecule has 4 rings (SSSR count). The number of fused-ring (bicyclic) bond motifs is 1. The SMILES string of the molecule is CC(NC(=O)c1nc(Cl)cnc1N)c1nc2cccc(Cl)c2c(=O)n1N1CCNCC1. The molecule has 0 bridgehead atoms. The molecule has 31 heavy (non-hydrogen) atoms. The Hall–Kier alpha value is -2.95. The molecule has 12 heteroatoms. The second-order valence-electron chi connectivity index (χ2n) is 7.05. The third-order valence-electron chi connectivity index (χ3n) is 4.95. The van der Waals surface area contributed by atoms with Gasteiger partial charge in [0.2, 0.25) is 0 Å². The number of nitrogens with one attached hydrogen (secondary N) is 2. The molecule has 1 fully saturated rings. The van der Waals surface area contributed by atoms with Crippen LogP contribution >= 0.6 is 23.2 Å². The number of hydrogen-bond acceptors (Lipinski definition) is 8. The van der Waals surface area contributed by atoms with Crippen LogP contribution in [-0.2, 0) is 0 Å². The van der Waals surface area contributed by atoms with Crippen LogP contribution in [0.4, 0.5) is 5.82 Å². The van der Waals surface area contributed by atoms with Gasteiger partial charge >= 0.3 is 0 Å². The van der Waals surface area contributed by atoms with Crippen molar-refractivity contribution in [1.29, 1.82) is 0 Å². The number of nitrogen functional groups attached to an aromatic ring is 1. The monoisotopic (exact) mass is 462 g/mol. The topological polar surface area (TPSA) is 131 Å². The van der Waals surface area contributed by atoms with Gasteiger partial charge in [-0.1, -0.05) is 29.3 Å². The summed E-state index contributed by atoms with van der Waals surface area (Å²) in [5.74, 6) is -0.261. The molecule has 1 aliphatic heterocycles. The molecule has 1 aromatic carbocycles. The summed E-state index contributed by atoms with van der Waals surface area (Å²) in [6.07, 6.45) is 1.26. The summed E-state index contributed by atoms with van der Waals surface area (Å²) in [6.45, 7) is 4.34. The van der Waals surface area contributed by atoms with Crippen LogP contribution in [0.15, 0.2) is 29.2 Å². The van der Waals surface area contributed by atoms with Crippen molar-refractivity contribution in [1.82, 2.24) is 30.3 Å². The largest absolute Gasteiger partial charge is 0.382 e. The fourth-order valence-electron chi connectivity index (χ4n) is 3.48. The van der Waals surface area contributed by atoms with Crippen molar-refractivity contribution in [3.8, 4) is 0 Å². The van der Waals surface area contributed by atoms with Gasteiger partial charge in [0, 0.05) is 26.2 Å². The van der Waals surface area contributed by atoms with Crippen LogP contribution in [0.5, 0.6) is 0 Å². The molecule has 0 saturated carbocycles. The van der Waals surface area contributed by atoms with Gasteiger partial charge in [-0.3, -0.25) is 9.59 Å². The fraction of sp³-hybridized carbons (Fsp3) is 0.316. The molecule has 1 unspecified atom stereocenters. The molecule has 0 aliphatic carbocycles. The summed E-state index contributed by atoms with van der Waals surface area (Å²) in [5, 5.41) is 8.63. The van der Waals surface area contributed by atoms with Crippen LogP contribution in [0.25, 0.3) is 10.9 Å². The average molecular weight is 463 g/mol. The normalized spacial score (nSPS) is 15.1. The highest BCUT2D eigenvalue weighted by molar-refractivity contribution is 6.35. The van der Waals surface area contributed by atoms with Gasteiger partial charge < -0.3 is 21.4 Å². The van der Waals surface area contributed by atoms with E-state index in [4.69, 9.17) is 28.9 Å². The number of piperazine rings is 1. The molecule has 2 aromatic heterocycles. The highest BCUT2D eigenvalue weighted by atomic mass is 35.5. The third-order valence-corrected chi connectivity index (χ3v) is 5.44. The van der Waals surface area contributed by atoms with Crippen LogP contribution < -0.4 is 26.9 Å². The minimum Gasteiger partial charge on any atom is -0.382 e. The number of carbonyl (C=O) groups is 1. The average Bonchev–Trinajstić information content (AvgIpc) is 2.75. The van der Waals surface area contributed by atoms with Crippen LogP contribution in [-0.4, -0.2) is 51.7 Å². The quantitative estimate of drug-likeness (QED) is 0.525. The van der Waals surface area contributed by atoms with Gasteiger partial charge in [-0.25, -0.2) is 19.6 Å². The molecule has 3 heterocycles. The number of benzene rings is 1. The lowest BCUT2D eigenvalue weighted by atomic mass is 10.2. The third kappa shape index (κ3) is 4.14. The lowest BCUT2D eigenvalue weighted by molar-refractivity contribution is 0.0932. The van der Waals surface area contributed by atoms with E-state index in [1.54, 1.807) is 25.1 Å². The minimum absolute atomic E-state index is 0.0446. The Balaban J connectivity index is 1.79. The van der Waals surface area contributed by atoms with E-state index < -0.39 is 11.9 Å². The Morgan fingerprint density at radius 2 is 2.00 bits per heavy atom. The summed E-state index contributed by atoms with van der Waals surface area (Å²) >= 11 is 12.2. The fourth-order valence-corrected chi connectivity index (χ4v) is 3.86. The maximum Gasteiger partial charge on any atom is 0.281 e. The Labute approximate surface area is 187 Å². The first-order chi connectivity index (χ1) is 14.9. The van der Waals surface area contributed by atoms with E-state index in [-0.39, 0.29) is 22.2 Å². The molecule has 0 spiro atoms. The van der Waals surface area contributed by atoms with Gasteiger partial charge in [0.05, 0.1) is 28.2 Å². The molecular formula is C19H20Cl2N8O2. The van der Waals surface area contributed by atoms with Crippen LogP contribution in [0.1, 0.15) is 29.3 Å². The van der Waals surface area contributed by atoms with E-state index in [1.807, 2.05) is 5.01 Å². The smallest absolute Gasteiger partial charge is 0.281 e. The van der Waals surface area contributed by atoms with Crippen LogP contribution in [0.2, 0.25) is 10.2 Å². The maximum atomic E-state index is 13.4. The summed E-state index contributed by atoms with van der Waals surface area (Å²) < 4.78 is 1.49. The highest BCUT2D eigenvalue weighted by Gasteiger charge is 2.25. The van der Waals surface area contributed by atoms with Gasteiger partial charge in [0.1, 0.15) is 5.15 Å². The van der Waals surface area contributed by atoms with Gasteiger partial charge in [0.15, 0.2) is 17.3 Å². The lowest BCUT2D eigenvalue weighted by Gasteiger charge is -2.33. The molecule has 1 atom stereocenters. The number of nitrogens with two attached hydrogens (primary N) is 1. The number of rotatable bonds is 4. The Kier molecular flexibility index (Phi) is 5.94. The molecule has 1 amide bonds. The second kappa shape index (κ2) is 8.66. The number of halogens is 2. The second-order valence-corrected chi connectivity index (χ2v) is 7.84. The predicted octanol–water partition coefficient (Wildman–Crippen LogP) is 1.11. The maximum absolute atomic E-state index is 13.4. The van der Waals surface area contributed by atoms with E-state index in [9.17, 15) is 9.59 Å². The van der Waals surface area contributed by atoms with E-state index in [0.29, 0.717) is 47.9 Å². The van der Waals surface area contributed by atoms with E-state index in [0.717, 1.165) is 0 Å². The van der Waals surface area contributed by atoms with Crippen molar-refractivity contribution in [3.63, 3.8) is 0 Å². The minimum atomic E-state index is -0.654. The number of carbonyl (C=O) groups excluding carboxylic acids is 1. The van der Waals surface area contributed by atoms with E-state index in [1.165, 1.54) is 10.9 Å². The van der Waals surface area contributed by atoms with Crippen LogP contribution in [0.3, 0.4) is 0 Å². The summed E-state index contributed by atoms with van der Waals surface area (Å²) in [5.41, 5.74) is 5.83. The zero-order valence-corrected chi connectivity index (χ0v) is 18.1. The number of amides is 1. The Morgan fingerprint density at radius 1 is 1.26 bits per heavy atom. The van der Waals surface area contributed by atoms with Crippen molar-refractivity contribution in [2.75, 3.05) is 36.9 Å². The van der Waals surface area contributed by atoms with E-state index in [2.05, 4.69) is 25.6 Å². The predicted molar refractivity (Wildman–Crippen MR) is 119 cm³/mol. The van der Waals surface area contributed by atoms with Crippen molar-refractivity contribution in [2.45, 2.75) is 13.0 Å². The van der Waals surface area contributed by atoms with Gasteiger partial charge in [-0.05, 0) is 19.1 Å². The molecule has 162 valence electrons. The number of hydrogen-bond donors (Lipinski definition) is 3. The standard InChI is InChI=1S/C19H20Cl2N8O2/c1-10(25-18(30)15-16(22)24-9-13(21)27-15)17-26-12-4-2-3-11(20)14(12)19(31)29(17)28-7-5-23-6-8-28/h2-4,9-10,23H,5-8H2,1H3,(H2,22,24)(H,25,30). The number of aromatic nitrogens is 4. The number of anilines is 1. The van der Waals surface area contributed by atoms with E-state index >= 15 is 0 Å². The molecular weight excluding hydrogens is 443 g/mol. The summed E-state index contributed by atoms with van der Waals surface area (Å²) in [7, 11) is 0. The molecule has 1 aliphatic rings. The van der Waals surface area contributed by atoms with Crippen molar-refractivity contribution in [2.24, 2.45) is 0 Å². The van der Waals surface area contributed by atoms with Gasteiger partial charge in [-0.2, -0.15) is 0 Å². The molecule has 10 nitrogen and oxygen atoms in total. The summed E-state index contributed by atoms with van der Waals surface area (Å²) in [4.78, 5) is 38.7. The lowest BCUT2D eigenvalue weighted by Crippen LogP contribution is -2.54. The Bertz CT molecular complexity index is 1210. The first kappa shape index (κ1) is 21.3. The highest BCUT2D eigenvalue weighted by Crippen LogP contribution is 2.21. The molecule has 0 radical (unpaired) electrons. The van der Waals surface area contributed by atoms with Crippen molar-refractivity contribution < 1.29 is 4.79 Å². The van der Waals surface area contributed by atoms with Crippen molar-refractivity contribution in [3.05, 3.63) is 56.4 Å². The zero-order chi connectivity index (χ0) is 22.1. The number of nitrogens with zero attached hydrogens (tertiary/aromatic N) is 5. The summed E-state index contributed by atoms with van der Waals surface area (Å²) in [6, 6.07) is 4.43. The molecule has 4 N–H and O–H groups in total. The van der Waals surface area contributed by atoms with Gasteiger partial charge in [-0.15, -0.1) is 0 Å². The first-order valence-electron chi connectivity index (χ1n) is 9.63. The van der Waals surface area contributed by atoms with Crippen LogP contribution in [0, 0.1) is 0 Å². The molecule has 1 saturated heterocycles. The molecule has 3 aromatic rings. The zero-order valence-electron chi connectivity index (χ0n) is 16.6.